The average Bonchev–Trinajstić information content (AvgIpc) is 2.34. The van der Waals surface area contributed by atoms with E-state index in [0.29, 0.717) is 5.92 Å². The molecule has 0 aromatic carbocycles. The van der Waals surface area contributed by atoms with Gasteiger partial charge in [-0.2, -0.15) is 11.8 Å². The van der Waals surface area contributed by atoms with Gasteiger partial charge >= 0.3 is 5.97 Å². The predicted octanol–water partition coefficient (Wildman–Crippen LogP) is 5.30. The van der Waals surface area contributed by atoms with Crippen LogP contribution in [-0.2, 0) is 4.79 Å². The maximum atomic E-state index is 10.4. The van der Waals surface area contributed by atoms with Crippen molar-refractivity contribution in [3.63, 3.8) is 0 Å². The molecule has 0 aromatic heterocycles. The van der Waals surface area contributed by atoms with Crippen molar-refractivity contribution in [2.75, 3.05) is 11.5 Å². The largest absolute Gasteiger partial charge is 0.481 e. The molecule has 0 aliphatic carbocycles. The van der Waals surface area contributed by atoms with Crippen molar-refractivity contribution in [3.8, 4) is 0 Å². The molecule has 0 radical (unpaired) electrons. The van der Waals surface area contributed by atoms with E-state index in [1.54, 1.807) is 0 Å². The van der Waals surface area contributed by atoms with Gasteiger partial charge < -0.3 is 5.11 Å². The molecule has 0 fully saturated rings. The zero-order valence-electron chi connectivity index (χ0n) is 13.4. The third-order valence-corrected chi connectivity index (χ3v) is 4.20. The van der Waals surface area contributed by atoms with E-state index in [4.69, 9.17) is 5.11 Å². The van der Waals surface area contributed by atoms with Crippen LogP contribution in [0.4, 0.5) is 0 Å². The molecular formula is C17H30O2S. The van der Waals surface area contributed by atoms with Crippen LogP contribution < -0.4 is 0 Å². The molecule has 20 heavy (non-hydrogen) atoms. The molecule has 0 saturated heterocycles. The van der Waals surface area contributed by atoms with Gasteiger partial charge in [0.2, 0.25) is 0 Å². The van der Waals surface area contributed by atoms with Crippen LogP contribution in [0.1, 0.15) is 59.8 Å². The Kier molecular flexibility index (Phi) is 11.6. The van der Waals surface area contributed by atoms with E-state index in [1.807, 2.05) is 0 Å². The molecule has 0 heterocycles. The molecule has 116 valence electrons. The summed E-state index contributed by atoms with van der Waals surface area (Å²) in [5.41, 5.74) is 2.88. The number of carboxylic acids is 1. The Morgan fingerprint density at radius 3 is 2.45 bits per heavy atom. The summed E-state index contributed by atoms with van der Waals surface area (Å²) in [6.07, 6.45) is 10.4. The first kappa shape index (κ1) is 19.3. The molecule has 1 atom stereocenters. The molecule has 0 aromatic rings. The van der Waals surface area contributed by atoms with Crippen molar-refractivity contribution < 1.29 is 9.90 Å². The summed E-state index contributed by atoms with van der Waals surface area (Å²) in [7, 11) is 0. The zero-order valence-corrected chi connectivity index (χ0v) is 14.3. The number of rotatable bonds is 11. The summed E-state index contributed by atoms with van der Waals surface area (Å²) < 4.78 is 0. The lowest BCUT2D eigenvalue weighted by Crippen LogP contribution is -2.01. The van der Waals surface area contributed by atoms with Gasteiger partial charge in [0, 0.05) is 0 Å². The Morgan fingerprint density at radius 2 is 1.85 bits per heavy atom. The van der Waals surface area contributed by atoms with Crippen LogP contribution in [-0.4, -0.2) is 22.6 Å². The Balaban J connectivity index is 3.65. The molecule has 0 aliphatic rings. The molecule has 2 nitrogen and oxygen atoms in total. The molecule has 0 spiro atoms. The monoisotopic (exact) mass is 298 g/mol. The fraction of sp³-hybridized carbons (Fsp3) is 0.706. The Hall–Kier alpha value is -0.700. The molecule has 0 amide bonds. The SMILES string of the molecule is CC(C)=CCC/C(C)=C/CC[C@@H](C)CCSCC(=O)O. The van der Waals surface area contributed by atoms with Crippen LogP contribution in [0.2, 0.25) is 0 Å². The first-order valence-electron chi connectivity index (χ1n) is 7.50. The van der Waals surface area contributed by atoms with E-state index in [1.165, 1.54) is 29.3 Å². The third kappa shape index (κ3) is 13.7. The molecule has 0 aliphatic heterocycles. The molecule has 1 N–H and O–H groups in total. The second-order valence-electron chi connectivity index (χ2n) is 5.79. The highest BCUT2D eigenvalue weighted by Crippen LogP contribution is 2.16. The first-order valence-corrected chi connectivity index (χ1v) is 8.65. The molecule has 3 heteroatoms. The number of hydrogen-bond donors (Lipinski definition) is 1. The quantitative estimate of drug-likeness (QED) is 0.415. The van der Waals surface area contributed by atoms with Crippen LogP contribution >= 0.6 is 11.8 Å². The number of thioether (sulfide) groups is 1. The van der Waals surface area contributed by atoms with Crippen LogP contribution in [0.25, 0.3) is 0 Å². The lowest BCUT2D eigenvalue weighted by atomic mass is 10.0. The Bertz CT molecular complexity index is 328. The molecular weight excluding hydrogens is 268 g/mol. The van der Waals surface area contributed by atoms with E-state index in [0.717, 1.165) is 31.4 Å². The van der Waals surface area contributed by atoms with Gasteiger partial charge in [0.15, 0.2) is 0 Å². The van der Waals surface area contributed by atoms with Crippen LogP contribution in [0.15, 0.2) is 23.3 Å². The number of carboxylic acid groups (broad SMARTS) is 1. The molecule has 0 rings (SSSR count). The van der Waals surface area contributed by atoms with Gasteiger partial charge in [-0.1, -0.05) is 30.2 Å². The minimum absolute atomic E-state index is 0.232. The summed E-state index contributed by atoms with van der Waals surface area (Å²) >= 11 is 1.52. The fourth-order valence-corrected chi connectivity index (χ4v) is 2.78. The van der Waals surface area contributed by atoms with Gasteiger partial charge in [0.1, 0.15) is 0 Å². The van der Waals surface area contributed by atoms with Crippen LogP contribution in [0, 0.1) is 5.92 Å². The summed E-state index contributed by atoms with van der Waals surface area (Å²) in [6, 6.07) is 0. The summed E-state index contributed by atoms with van der Waals surface area (Å²) in [4.78, 5) is 10.4. The maximum absolute atomic E-state index is 10.4. The maximum Gasteiger partial charge on any atom is 0.313 e. The molecule has 0 unspecified atom stereocenters. The predicted molar refractivity (Wildman–Crippen MR) is 90.4 cm³/mol. The smallest absolute Gasteiger partial charge is 0.313 e. The Labute approximate surface area is 128 Å². The van der Waals surface area contributed by atoms with Crippen molar-refractivity contribution in [3.05, 3.63) is 23.3 Å². The fourth-order valence-electron chi connectivity index (χ4n) is 1.89. The topological polar surface area (TPSA) is 37.3 Å². The highest BCUT2D eigenvalue weighted by Gasteiger charge is 2.03. The highest BCUT2D eigenvalue weighted by molar-refractivity contribution is 7.99. The Morgan fingerprint density at radius 1 is 1.15 bits per heavy atom. The van der Waals surface area contributed by atoms with Gasteiger partial charge in [-0.15, -0.1) is 0 Å². The second-order valence-corrected chi connectivity index (χ2v) is 6.89. The summed E-state index contributed by atoms with van der Waals surface area (Å²) in [6.45, 7) is 8.76. The van der Waals surface area contributed by atoms with Crippen LogP contribution in [0.5, 0.6) is 0 Å². The van der Waals surface area contributed by atoms with Gasteiger partial charge in [-0.25, -0.2) is 0 Å². The van der Waals surface area contributed by atoms with Crippen molar-refractivity contribution in [2.24, 2.45) is 5.92 Å². The van der Waals surface area contributed by atoms with Gasteiger partial charge in [-0.3, -0.25) is 4.79 Å². The van der Waals surface area contributed by atoms with Crippen molar-refractivity contribution in [1.82, 2.24) is 0 Å². The number of aliphatic carboxylic acids is 1. The molecule has 0 bridgehead atoms. The van der Waals surface area contributed by atoms with Crippen LogP contribution in [0.3, 0.4) is 0 Å². The molecule has 0 saturated carbocycles. The first-order chi connectivity index (χ1) is 9.41. The summed E-state index contributed by atoms with van der Waals surface area (Å²) in [5, 5.41) is 8.55. The zero-order chi connectivity index (χ0) is 15.4. The second kappa shape index (κ2) is 12.1. The van der Waals surface area contributed by atoms with E-state index in [9.17, 15) is 4.79 Å². The van der Waals surface area contributed by atoms with Crippen molar-refractivity contribution in [1.29, 1.82) is 0 Å². The van der Waals surface area contributed by atoms with Gasteiger partial charge in [0.05, 0.1) is 5.75 Å². The van der Waals surface area contributed by atoms with Gasteiger partial charge in [-0.05, 0) is 64.5 Å². The number of allylic oxidation sites excluding steroid dienone is 4. The van der Waals surface area contributed by atoms with Gasteiger partial charge in [0.25, 0.3) is 0 Å². The van der Waals surface area contributed by atoms with E-state index >= 15 is 0 Å². The van der Waals surface area contributed by atoms with Crippen molar-refractivity contribution in [2.45, 2.75) is 59.8 Å². The lowest BCUT2D eigenvalue weighted by Gasteiger charge is -2.09. The highest BCUT2D eigenvalue weighted by atomic mass is 32.2. The normalized spacial score (nSPS) is 13.1. The third-order valence-electron chi connectivity index (χ3n) is 3.22. The average molecular weight is 298 g/mol. The van der Waals surface area contributed by atoms with E-state index in [2.05, 4.69) is 39.8 Å². The van der Waals surface area contributed by atoms with Crippen molar-refractivity contribution >= 4 is 17.7 Å². The standard InChI is InChI=1S/C17H30O2S/c1-14(2)7-5-8-15(3)9-6-10-16(4)11-12-20-13-17(18)19/h7,9,16H,5-6,8,10-13H2,1-4H3,(H,18,19)/b15-9+/t16-/m1/s1. The van der Waals surface area contributed by atoms with E-state index in [-0.39, 0.29) is 5.75 Å². The summed E-state index contributed by atoms with van der Waals surface area (Å²) in [5.74, 6) is 1.16. The lowest BCUT2D eigenvalue weighted by molar-refractivity contribution is -0.133. The number of carbonyl (C=O) groups is 1. The number of hydrogen-bond acceptors (Lipinski definition) is 2. The minimum Gasteiger partial charge on any atom is -0.481 e. The van der Waals surface area contributed by atoms with E-state index < -0.39 is 5.97 Å². The minimum atomic E-state index is -0.711.